The van der Waals surface area contributed by atoms with Crippen LogP contribution >= 0.6 is 0 Å². The summed E-state index contributed by atoms with van der Waals surface area (Å²) in [5, 5.41) is 0. The van der Waals surface area contributed by atoms with Crippen molar-refractivity contribution in [3.8, 4) is 0 Å². The van der Waals surface area contributed by atoms with Gasteiger partial charge in [-0.2, -0.15) is 0 Å². The van der Waals surface area contributed by atoms with E-state index >= 15 is 0 Å². The molecule has 86 valence electrons. The fraction of sp³-hybridized carbons (Fsp3) is 0.250. The van der Waals surface area contributed by atoms with Crippen LogP contribution in [0.4, 0.5) is 8.78 Å². The molecular weight excluding hydrogens is 214 g/mol. The molecule has 0 N–H and O–H groups in total. The summed E-state index contributed by atoms with van der Waals surface area (Å²) in [6, 6.07) is 5.83. The number of alkyl halides is 2. The van der Waals surface area contributed by atoms with Gasteiger partial charge in [-0.05, 0) is 24.6 Å². The zero-order valence-electron chi connectivity index (χ0n) is 8.82. The molecule has 0 atom stereocenters. The molecule has 0 aliphatic heterocycles. The Balaban J connectivity index is 2.74. The second kappa shape index (κ2) is 6.00. The van der Waals surface area contributed by atoms with Crippen molar-refractivity contribution >= 4 is 12.0 Å². The summed E-state index contributed by atoms with van der Waals surface area (Å²) in [5.74, 6) is -0.482. The third-order valence-corrected chi connectivity index (χ3v) is 1.86. The maximum atomic E-state index is 12.4. The van der Waals surface area contributed by atoms with Gasteiger partial charge in [0.2, 0.25) is 0 Å². The molecule has 0 amide bonds. The molecule has 1 rings (SSSR count). The SMILES string of the molecule is CCOC(=O)/C=C/c1cccc(C(F)F)c1. The highest BCUT2D eigenvalue weighted by Crippen LogP contribution is 2.19. The molecule has 0 heterocycles. The molecule has 1 aromatic carbocycles. The molecule has 4 heteroatoms. The highest BCUT2D eigenvalue weighted by molar-refractivity contribution is 5.87. The van der Waals surface area contributed by atoms with E-state index in [4.69, 9.17) is 0 Å². The number of carbonyl (C=O) groups excluding carboxylic acids is 1. The van der Waals surface area contributed by atoms with Crippen LogP contribution in [-0.2, 0) is 9.53 Å². The van der Waals surface area contributed by atoms with Gasteiger partial charge < -0.3 is 4.74 Å². The number of esters is 1. The van der Waals surface area contributed by atoms with Crippen molar-refractivity contribution in [3.63, 3.8) is 0 Å². The molecule has 0 aliphatic rings. The van der Waals surface area contributed by atoms with E-state index in [1.165, 1.54) is 30.4 Å². The van der Waals surface area contributed by atoms with E-state index in [0.29, 0.717) is 12.2 Å². The summed E-state index contributed by atoms with van der Waals surface area (Å²) in [4.78, 5) is 11.0. The van der Waals surface area contributed by atoms with Gasteiger partial charge in [-0.15, -0.1) is 0 Å². The first-order chi connectivity index (χ1) is 7.63. The van der Waals surface area contributed by atoms with Gasteiger partial charge in [-0.3, -0.25) is 0 Å². The Hall–Kier alpha value is -1.71. The van der Waals surface area contributed by atoms with Crippen LogP contribution in [-0.4, -0.2) is 12.6 Å². The smallest absolute Gasteiger partial charge is 0.330 e. The first kappa shape index (κ1) is 12.4. The molecule has 0 aliphatic carbocycles. The number of carbonyl (C=O) groups is 1. The van der Waals surface area contributed by atoms with Crippen LogP contribution in [0.5, 0.6) is 0 Å². The summed E-state index contributed by atoms with van der Waals surface area (Å²) in [6.07, 6.45) is 0.161. The topological polar surface area (TPSA) is 26.3 Å². The van der Waals surface area contributed by atoms with Gasteiger partial charge in [-0.1, -0.05) is 18.2 Å². The lowest BCUT2D eigenvalue weighted by Crippen LogP contribution is -1.98. The van der Waals surface area contributed by atoms with Gasteiger partial charge in [0.1, 0.15) is 0 Å². The zero-order chi connectivity index (χ0) is 12.0. The van der Waals surface area contributed by atoms with Gasteiger partial charge >= 0.3 is 5.97 Å². The van der Waals surface area contributed by atoms with Crippen molar-refractivity contribution in [1.82, 2.24) is 0 Å². The van der Waals surface area contributed by atoms with E-state index < -0.39 is 12.4 Å². The molecule has 2 nitrogen and oxygen atoms in total. The quantitative estimate of drug-likeness (QED) is 0.582. The molecule has 0 fully saturated rings. The molecule has 0 aromatic heterocycles. The van der Waals surface area contributed by atoms with Crippen molar-refractivity contribution in [3.05, 3.63) is 41.5 Å². The van der Waals surface area contributed by atoms with Crippen molar-refractivity contribution in [2.24, 2.45) is 0 Å². The maximum absolute atomic E-state index is 12.4. The van der Waals surface area contributed by atoms with E-state index in [-0.39, 0.29) is 5.56 Å². The standard InChI is InChI=1S/C12H12F2O2/c1-2-16-11(15)7-6-9-4-3-5-10(8-9)12(13)14/h3-8,12H,2H2,1H3/b7-6+. The number of ether oxygens (including phenoxy) is 1. The van der Waals surface area contributed by atoms with Crippen LogP contribution in [0.2, 0.25) is 0 Å². The van der Waals surface area contributed by atoms with Gasteiger partial charge in [-0.25, -0.2) is 13.6 Å². The van der Waals surface area contributed by atoms with Crippen LogP contribution in [0.1, 0.15) is 24.5 Å². The van der Waals surface area contributed by atoms with Crippen LogP contribution in [0, 0.1) is 0 Å². The van der Waals surface area contributed by atoms with Crippen LogP contribution < -0.4 is 0 Å². The summed E-state index contributed by atoms with van der Waals surface area (Å²) < 4.78 is 29.4. The molecule has 16 heavy (non-hydrogen) atoms. The second-order valence-electron chi connectivity index (χ2n) is 3.06. The predicted molar refractivity (Wildman–Crippen MR) is 57.1 cm³/mol. The van der Waals surface area contributed by atoms with Crippen LogP contribution in [0.3, 0.4) is 0 Å². The minimum absolute atomic E-state index is 0.0639. The Bertz CT molecular complexity index is 386. The Labute approximate surface area is 92.5 Å². The minimum atomic E-state index is -2.50. The normalized spacial score (nSPS) is 11.0. The Kier molecular flexibility index (Phi) is 4.64. The van der Waals surface area contributed by atoms with E-state index in [0.717, 1.165) is 0 Å². The molecule has 1 aromatic rings. The van der Waals surface area contributed by atoms with Crippen molar-refractivity contribution < 1.29 is 18.3 Å². The Morgan fingerprint density at radius 3 is 2.88 bits per heavy atom. The highest BCUT2D eigenvalue weighted by Gasteiger charge is 2.05. The van der Waals surface area contributed by atoms with Gasteiger partial charge in [0.05, 0.1) is 6.61 Å². The summed E-state index contributed by atoms with van der Waals surface area (Å²) >= 11 is 0. The second-order valence-corrected chi connectivity index (χ2v) is 3.06. The van der Waals surface area contributed by atoms with Gasteiger partial charge in [0.15, 0.2) is 0 Å². The van der Waals surface area contributed by atoms with E-state index in [9.17, 15) is 13.6 Å². The highest BCUT2D eigenvalue weighted by atomic mass is 19.3. The Morgan fingerprint density at radius 2 is 2.25 bits per heavy atom. The number of benzene rings is 1. The van der Waals surface area contributed by atoms with Gasteiger partial charge in [0.25, 0.3) is 6.43 Å². The van der Waals surface area contributed by atoms with E-state index in [1.54, 1.807) is 13.0 Å². The molecule has 0 radical (unpaired) electrons. The lowest BCUT2D eigenvalue weighted by Gasteiger charge is -2.00. The molecule has 0 saturated carbocycles. The number of hydrogen-bond donors (Lipinski definition) is 0. The summed E-state index contributed by atoms with van der Waals surface area (Å²) in [6.45, 7) is 1.99. The fourth-order valence-electron chi connectivity index (χ4n) is 1.15. The van der Waals surface area contributed by atoms with Crippen LogP contribution in [0.25, 0.3) is 6.08 Å². The first-order valence-corrected chi connectivity index (χ1v) is 4.86. The molecular formula is C12H12F2O2. The zero-order valence-corrected chi connectivity index (χ0v) is 8.82. The molecule has 0 unspecified atom stereocenters. The number of halogens is 2. The minimum Gasteiger partial charge on any atom is -0.463 e. The number of hydrogen-bond acceptors (Lipinski definition) is 2. The monoisotopic (exact) mass is 226 g/mol. The predicted octanol–water partition coefficient (Wildman–Crippen LogP) is 3.20. The molecule has 0 saturated heterocycles. The summed E-state index contributed by atoms with van der Waals surface area (Å²) in [7, 11) is 0. The van der Waals surface area contributed by atoms with Crippen molar-refractivity contribution in [2.45, 2.75) is 13.3 Å². The lowest BCUT2D eigenvalue weighted by molar-refractivity contribution is -0.137. The third-order valence-electron chi connectivity index (χ3n) is 1.86. The van der Waals surface area contributed by atoms with E-state index in [1.807, 2.05) is 0 Å². The Morgan fingerprint density at radius 1 is 1.50 bits per heavy atom. The van der Waals surface area contributed by atoms with Crippen LogP contribution in [0.15, 0.2) is 30.3 Å². The van der Waals surface area contributed by atoms with Crippen molar-refractivity contribution in [1.29, 1.82) is 0 Å². The average molecular weight is 226 g/mol. The molecule has 0 bridgehead atoms. The fourth-order valence-corrected chi connectivity index (χ4v) is 1.15. The summed E-state index contributed by atoms with van der Waals surface area (Å²) in [5.41, 5.74) is 0.483. The molecule has 0 spiro atoms. The maximum Gasteiger partial charge on any atom is 0.330 e. The lowest BCUT2D eigenvalue weighted by atomic mass is 10.1. The largest absolute Gasteiger partial charge is 0.463 e. The van der Waals surface area contributed by atoms with Gasteiger partial charge in [0, 0.05) is 11.6 Å². The average Bonchev–Trinajstić information content (AvgIpc) is 2.27. The van der Waals surface area contributed by atoms with Crippen molar-refractivity contribution in [2.75, 3.05) is 6.61 Å². The first-order valence-electron chi connectivity index (χ1n) is 4.86. The number of rotatable bonds is 4. The van der Waals surface area contributed by atoms with E-state index in [2.05, 4.69) is 4.74 Å². The third kappa shape index (κ3) is 3.81.